The predicted molar refractivity (Wildman–Crippen MR) is 100 cm³/mol. The van der Waals surface area contributed by atoms with Gasteiger partial charge in [0.2, 0.25) is 5.91 Å². The fraction of sp³-hybridized carbons (Fsp3) is 0.429. The summed E-state index contributed by atoms with van der Waals surface area (Å²) in [5, 5.41) is 2.67. The molecule has 1 aromatic heterocycles. The van der Waals surface area contributed by atoms with Crippen LogP contribution in [-0.2, 0) is 17.4 Å². The molecule has 154 valence electrons. The number of benzene rings is 1. The number of nitrogens with one attached hydrogen (secondary N) is 1. The van der Waals surface area contributed by atoms with Gasteiger partial charge in [0.15, 0.2) is 0 Å². The number of hydrogen-bond donors (Lipinski definition) is 1. The van der Waals surface area contributed by atoms with Crippen LogP contribution in [0.25, 0.3) is 0 Å². The van der Waals surface area contributed by atoms with E-state index < -0.39 is 24.0 Å². The van der Waals surface area contributed by atoms with Crippen LogP contribution >= 0.6 is 0 Å². The molecule has 2 atom stereocenters. The van der Waals surface area contributed by atoms with Gasteiger partial charge in [0.25, 0.3) is 0 Å². The first kappa shape index (κ1) is 19.7. The van der Waals surface area contributed by atoms with Crippen molar-refractivity contribution in [1.29, 1.82) is 0 Å². The van der Waals surface area contributed by atoms with Gasteiger partial charge in [0, 0.05) is 12.7 Å². The van der Waals surface area contributed by atoms with Crippen molar-refractivity contribution in [3.05, 3.63) is 59.4 Å². The molecular formula is C21H21F4N3O. The summed E-state index contributed by atoms with van der Waals surface area (Å²) < 4.78 is 53.0. The zero-order chi connectivity index (χ0) is 20.6. The van der Waals surface area contributed by atoms with Crippen LogP contribution in [0.1, 0.15) is 35.4 Å². The molecule has 0 spiro atoms. The van der Waals surface area contributed by atoms with E-state index in [1.807, 2.05) is 24.3 Å². The van der Waals surface area contributed by atoms with Crippen LogP contribution < -0.4 is 10.2 Å². The third-order valence-electron chi connectivity index (χ3n) is 5.40. The van der Waals surface area contributed by atoms with Crippen molar-refractivity contribution in [2.75, 3.05) is 18.0 Å². The van der Waals surface area contributed by atoms with Crippen molar-refractivity contribution in [3.63, 3.8) is 0 Å². The maximum atomic E-state index is 14.4. The summed E-state index contributed by atoms with van der Waals surface area (Å²) in [6.07, 6.45) is -1.33. The van der Waals surface area contributed by atoms with Gasteiger partial charge in [-0.1, -0.05) is 24.3 Å². The highest BCUT2D eigenvalue weighted by Crippen LogP contribution is 2.39. The third kappa shape index (κ3) is 4.68. The first-order valence-corrected chi connectivity index (χ1v) is 9.59. The van der Waals surface area contributed by atoms with Crippen molar-refractivity contribution in [2.24, 2.45) is 0 Å². The summed E-state index contributed by atoms with van der Waals surface area (Å²) in [4.78, 5) is 17.4. The Bertz CT molecular complexity index is 880. The Morgan fingerprint density at radius 1 is 1.14 bits per heavy atom. The van der Waals surface area contributed by atoms with Crippen molar-refractivity contribution >= 4 is 11.6 Å². The molecule has 1 aromatic carbocycles. The van der Waals surface area contributed by atoms with Crippen molar-refractivity contribution in [1.82, 2.24) is 10.3 Å². The standard InChI is InChI=1S/C21H21F4N3O/c22-18-11-28(17-8-16(9-26-10-17)21(23,24)25)12-19(18)27-20(29)7-13-1-3-14(4-2-13)15-5-6-15/h1-4,8-10,15,18-19H,5-7,11-12H2,(H,27,29)/t18-,19-/m0/s1. The quantitative estimate of drug-likeness (QED) is 0.766. The summed E-state index contributed by atoms with van der Waals surface area (Å²) >= 11 is 0. The molecule has 0 unspecified atom stereocenters. The monoisotopic (exact) mass is 407 g/mol. The van der Waals surface area contributed by atoms with E-state index >= 15 is 0 Å². The van der Waals surface area contributed by atoms with E-state index in [4.69, 9.17) is 0 Å². The summed E-state index contributed by atoms with van der Waals surface area (Å²) in [6.45, 7) is 0.000533. The molecule has 1 amide bonds. The van der Waals surface area contributed by atoms with Gasteiger partial charge in [0.1, 0.15) is 6.17 Å². The van der Waals surface area contributed by atoms with E-state index in [0.29, 0.717) is 5.92 Å². The van der Waals surface area contributed by atoms with Gasteiger partial charge in [-0.05, 0) is 36.0 Å². The Balaban J connectivity index is 1.35. The number of rotatable bonds is 5. The molecule has 1 saturated carbocycles. The smallest absolute Gasteiger partial charge is 0.365 e. The van der Waals surface area contributed by atoms with Crippen LogP contribution in [0.3, 0.4) is 0 Å². The van der Waals surface area contributed by atoms with E-state index in [1.165, 1.54) is 29.5 Å². The molecule has 4 rings (SSSR count). The molecule has 1 aliphatic carbocycles. The maximum absolute atomic E-state index is 14.4. The second-order valence-corrected chi connectivity index (χ2v) is 7.72. The van der Waals surface area contributed by atoms with Crippen LogP contribution in [-0.4, -0.2) is 36.2 Å². The van der Waals surface area contributed by atoms with Gasteiger partial charge in [-0.3, -0.25) is 9.78 Å². The molecule has 1 aliphatic heterocycles. The minimum Gasteiger partial charge on any atom is -0.365 e. The zero-order valence-electron chi connectivity index (χ0n) is 15.6. The Kier molecular flexibility index (Phi) is 5.19. The predicted octanol–water partition coefficient (Wildman–Crippen LogP) is 3.86. The number of carbonyl (C=O) groups excluding carboxylic acids is 1. The van der Waals surface area contributed by atoms with E-state index in [9.17, 15) is 22.4 Å². The minimum atomic E-state index is -4.51. The Hall–Kier alpha value is -2.64. The Labute approximate surface area is 165 Å². The highest BCUT2D eigenvalue weighted by Gasteiger charge is 2.36. The average molecular weight is 407 g/mol. The first-order chi connectivity index (χ1) is 13.8. The summed E-state index contributed by atoms with van der Waals surface area (Å²) in [6, 6.07) is 8.05. The van der Waals surface area contributed by atoms with Gasteiger partial charge < -0.3 is 10.2 Å². The number of alkyl halides is 4. The lowest BCUT2D eigenvalue weighted by Gasteiger charge is -2.19. The van der Waals surface area contributed by atoms with E-state index in [0.717, 1.165) is 17.8 Å². The number of hydrogen-bond acceptors (Lipinski definition) is 3. The van der Waals surface area contributed by atoms with Gasteiger partial charge in [0.05, 0.1) is 36.5 Å². The molecule has 2 heterocycles. The normalized spacial score (nSPS) is 22.0. The number of halogens is 4. The molecule has 0 bridgehead atoms. The molecule has 1 N–H and O–H groups in total. The SMILES string of the molecule is O=C(Cc1ccc(C2CC2)cc1)N[C@H]1CN(c2cncc(C(F)(F)F)c2)C[C@@H]1F. The van der Waals surface area contributed by atoms with Crippen molar-refractivity contribution in [3.8, 4) is 0 Å². The maximum Gasteiger partial charge on any atom is 0.417 e. The van der Waals surface area contributed by atoms with Gasteiger partial charge in [-0.2, -0.15) is 13.2 Å². The lowest BCUT2D eigenvalue weighted by Crippen LogP contribution is -2.42. The second-order valence-electron chi connectivity index (χ2n) is 7.72. The fourth-order valence-corrected chi connectivity index (χ4v) is 3.63. The lowest BCUT2D eigenvalue weighted by atomic mass is 10.1. The molecule has 2 fully saturated rings. The fourth-order valence-electron chi connectivity index (χ4n) is 3.63. The number of carbonyl (C=O) groups is 1. The van der Waals surface area contributed by atoms with Crippen LogP contribution in [0, 0.1) is 0 Å². The zero-order valence-corrected chi connectivity index (χ0v) is 15.6. The van der Waals surface area contributed by atoms with Gasteiger partial charge in [-0.25, -0.2) is 4.39 Å². The molecule has 1 saturated heterocycles. The Morgan fingerprint density at radius 2 is 1.86 bits per heavy atom. The van der Waals surface area contributed by atoms with Crippen LogP contribution in [0.15, 0.2) is 42.7 Å². The number of nitrogens with zero attached hydrogens (tertiary/aromatic N) is 2. The molecule has 4 nitrogen and oxygen atoms in total. The number of anilines is 1. The lowest BCUT2D eigenvalue weighted by molar-refractivity contribution is -0.137. The molecule has 0 radical (unpaired) electrons. The largest absolute Gasteiger partial charge is 0.417 e. The van der Waals surface area contributed by atoms with Crippen molar-refractivity contribution < 1.29 is 22.4 Å². The van der Waals surface area contributed by atoms with Crippen LogP contribution in [0.5, 0.6) is 0 Å². The van der Waals surface area contributed by atoms with Crippen molar-refractivity contribution in [2.45, 2.75) is 43.6 Å². The molecule has 2 aromatic rings. The van der Waals surface area contributed by atoms with Gasteiger partial charge >= 0.3 is 6.18 Å². The first-order valence-electron chi connectivity index (χ1n) is 9.59. The number of pyridine rings is 1. The van der Waals surface area contributed by atoms with E-state index in [2.05, 4.69) is 10.3 Å². The van der Waals surface area contributed by atoms with Gasteiger partial charge in [-0.15, -0.1) is 0 Å². The third-order valence-corrected chi connectivity index (χ3v) is 5.40. The van der Waals surface area contributed by atoms with E-state index in [1.54, 1.807) is 0 Å². The summed E-state index contributed by atoms with van der Waals surface area (Å²) in [5.74, 6) is 0.334. The molecule has 29 heavy (non-hydrogen) atoms. The molecular weight excluding hydrogens is 386 g/mol. The molecule has 8 heteroatoms. The molecule has 2 aliphatic rings. The highest BCUT2D eigenvalue weighted by atomic mass is 19.4. The van der Waals surface area contributed by atoms with Crippen LogP contribution in [0.4, 0.5) is 23.2 Å². The Morgan fingerprint density at radius 3 is 2.52 bits per heavy atom. The van der Waals surface area contributed by atoms with Crippen LogP contribution in [0.2, 0.25) is 0 Å². The average Bonchev–Trinajstić information content (AvgIpc) is 3.46. The number of aromatic nitrogens is 1. The summed E-state index contributed by atoms with van der Waals surface area (Å²) in [5.41, 5.74) is 1.43. The van der Waals surface area contributed by atoms with E-state index in [-0.39, 0.29) is 31.1 Å². The topological polar surface area (TPSA) is 45.2 Å². The number of amides is 1. The second kappa shape index (κ2) is 7.65. The highest BCUT2D eigenvalue weighted by molar-refractivity contribution is 5.79. The summed E-state index contributed by atoms with van der Waals surface area (Å²) in [7, 11) is 0. The minimum absolute atomic E-state index is 0.0932.